The second-order valence-electron chi connectivity index (χ2n) is 7.57. The molecule has 0 N–H and O–H groups in total. The van der Waals surface area contributed by atoms with Gasteiger partial charge in [-0.2, -0.15) is 0 Å². The molecule has 0 aliphatic carbocycles. The van der Waals surface area contributed by atoms with Crippen LogP contribution in [0.1, 0.15) is 39.8 Å². The summed E-state index contributed by atoms with van der Waals surface area (Å²) >= 11 is 3.62. The summed E-state index contributed by atoms with van der Waals surface area (Å²) in [5.74, 6) is 0.0866. The lowest BCUT2D eigenvalue weighted by Crippen LogP contribution is -2.13. The number of pyridine rings is 1. The zero-order valence-electron chi connectivity index (χ0n) is 17.2. The molecule has 4 aromatic rings. The summed E-state index contributed by atoms with van der Waals surface area (Å²) in [5.41, 5.74) is 7.80. The predicted octanol–water partition coefficient (Wildman–Crippen LogP) is 5.94. The fraction of sp³-hybridized carbons (Fsp3) is 0.250. The third kappa shape index (κ3) is 3.55. The van der Waals surface area contributed by atoms with E-state index in [1.54, 1.807) is 0 Å². The van der Waals surface area contributed by atoms with E-state index in [0.29, 0.717) is 0 Å². The Morgan fingerprint density at radius 3 is 2.38 bits per heavy atom. The van der Waals surface area contributed by atoms with Crippen molar-refractivity contribution >= 4 is 27.4 Å². The molecule has 3 aromatic heterocycles. The van der Waals surface area contributed by atoms with Crippen LogP contribution in [-0.4, -0.2) is 19.7 Å². The van der Waals surface area contributed by atoms with Crippen LogP contribution in [0, 0.1) is 20.8 Å². The molecular weight excluding hydrogens is 426 g/mol. The summed E-state index contributed by atoms with van der Waals surface area (Å²) in [6, 6.07) is 12.4. The molecule has 0 fully saturated rings. The van der Waals surface area contributed by atoms with E-state index < -0.39 is 0 Å². The minimum Gasteiger partial charge on any atom is -0.344 e. The molecule has 148 valence electrons. The van der Waals surface area contributed by atoms with Gasteiger partial charge in [0.15, 0.2) is 5.78 Å². The highest BCUT2D eigenvalue weighted by atomic mass is 79.9. The minimum atomic E-state index is 0.0866. The predicted molar refractivity (Wildman–Crippen MR) is 121 cm³/mol. The van der Waals surface area contributed by atoms with Crippen molar-refractivity contribution in [1.29, 1.82) is 0 Å². The van der Waals surface area contributed by atoms with Gasteiger partial charge in [0.05, 0.1) is 23.5 Å². The Hall–Kier alpha value is -2.66. The van der Waals surface area contributed by atoms with E-state index in [1.807, 2.05) is 23.8 Å². The number of benzene rings is 1. The molecule has 5 heteroatoms. The lowest BCUT2D eigenvalue weighted by molar-refractivity contribution is 0.0982. The number of imidazole rings is 1. The van der Waals surface area contributed by atoms with Crippen LogP contribution in [0.15, 0.2) is 53.3 Å². The number of carbonyl (C=O) groups is 1. The Bertz CT molecular complexity index is 1220. The van der Waals surface area contributed by atoms with Crippen molar-refractivity contribution in [3.05, 3.63) is 81.3 Å². The number of Topliss-reactive ketones (excluding diaryl/α,β-unsaturated/α-hetero) is 1. The third-order valence-electron chi connectivity index (χ3n) is 5.31. The van der Waals surface area contributed by atoms with Crippen molar-refractivity contribution in [3.8, 4) is 11.3 Å². The fourth-order valence-electron chi connectivity index (χ4n) is 3.75. The molecule has 0 atom stereocenters. The van der Waals surface area contributed by atoms with Gasteiger partial charge < -0.3 is 8.97 Å². The van der Waals surface area contributed by atoms with Crippen molar-refractivity contribution in [1.82, 2.24) is 14.0 Å². The Labute approximate surface area is 179 Å². The van der Waals surface area contributed by atoms with Gasteiger partial charge in [0, 0.05) is 29.0 Å². The van der Waals surface area contributed by atoms with Gasteiger partial charge in [0.25, 0.3) is 0 Å². The topological polar surface area (TPSA) is 39.3 Å². The number of fused-ring (bicyclic) bond motifs is 1. The number of hydrogen-bond acceptors (Lipinski definition) is 2. The third-order valence-corrected chi connectivity index (χ3v) is 6.31. The van der Waals surface area contributed by atoms with Crippen LogP contribution in [0.2, 0.25) is 0 Å². The van der Waals surface area contributed by atoms with E-state index >= 15 is 0 Å². The average Bonchev–Trinajstić information content (AvgIpc) is 3.19. The molecule has 0 aliphatic heterocycles. The summed E-state index contributed by atoms with van der Waals surface area (Å²) in [7, 11) is 0. The number of aromatic nitrogens is 3. The number of halogens is 1. The van der Waals surface area contributed by atoms with Gasteiger partial charge in [-0.1, -0.05) is 35.9 Å². The van der Waals surface area contributed by atoms with Crippen LogP contribution in [0.5, 0.6) is 0 Å². The molecule has 0 amide bonds. The van der Waals surface area contributed by atoms with Crippen molar-refractivity contribution < 1.29 is 4.79 Å². The molecule has 0 saturated carbocycles. The summed E-state index contributed by atoms with van der Waals surface area (Å²) < 4.78 is 4.95. The van der Waals surface area contributed by atoms with Gasteiger partial charge >= 0.3 is 0 Å². The summed E-state index contributed by atoms with van der Waals surface area (Å²) in [4.78, 5) is 18.3. The summed E-state index contributed by atoms with van der Waals surface area (Å²) in [6.07, 6.45) is 4.37. The van der Waals surface area contributed by atoms with E-state index in [-0.39, 0.29) is 12.2 Å². The Balaban J connectivity index is 1.86. The molecule has 0 aliphatic rings. The van der Waals surface area contributed by atoms with E-state index in [9.17, 15) is 4.79 Å². The highest BCUT2D eigenvalue weighted by Crippen LogP contribution is 2.29. The van der Waals surface area contributed by atoms with Gasteiger partial charge in [-0.25, -0.2) is 4.98 Å². The molecule has 4 nitrogen and oxygen atoms in total. The van der Waals surface area contributed by atoms with Crippen LogP contribution in [0.4, 0.5) is 0 Å². The smallest absolute Gasteiger partial charge is 0.186 e. The summed E-state index contributed by atoms with van der Waals surface area (Å²) in [5, 5.41) is 0. The maximum atomic E-state index is 13.4. The Morgan fingerprint density at radius 2 is 1.69 bits per heavy atom. The minimum absolute atomic E-state index is 0.0866. The van der Waals surface area contributed by atoms with Crippen LogP contribution in [-0.2, 0) is 13.0 Å². The molecule has 0 saturated heterocycles. The van der Waals surface area contributed by atoms with E-state index in [2.05, 4.69) is 77.6 Å². The SMILES string of the molecule is CCn1cc(C)c(Br)c1C(=O)Cc1c(-c2ccc(C)cc2)nc2ccc(C)cn12. The number of hydrogen-bond donors (Lipinski definition) is 0. The first kappa shape index (κ1) is 19.6. The summed E-state index contributed by atoms with van der Waals surface area (Å²) in [6.45, 7) is 8.95. The van der Waals surface area contributed by atoms with Crippen molar-refractivity contribution in [2.24, 2.45) is 0 Å². The molecule has 0 spiro atoms. The molecule has 0 bridgehead atoms. The van der Waals surface area contributed by atoms with Crippen LogP contribution in [0.3, 0.4) is 0 Å². The Morgan fingerprint density at radius 1 is 1.00 bits per heavy atom. The fourth-order valence-corrected chi connectivity index (χ4v) is 4.30. The second-order valence-corrected chi connectivity index (χ2v) is 8.36. The van der Waals surface area contributed by atoms with Gasteiger partial charge in [-0.15, -0.1) is 0 Å². The number of nitrogens with zero attached hydrogens (tertiary/aromatic N) is 3. The number of rotatable bonds is 5. The molecule has 0 radical (unpaired) electrons. The zero-order valence-corrected chi connectivity index (χ0v) is 18.7. The van der Waals surface area contributed by atoms with Gasteiger partial charge in [-0.3, -0.25) is 4.79 Å². The first-order chi connectivity index (χ1) is 13.9. The van der Waals surface area contributed by atoms with E-state index in [0.717, 1.165) is 50.4 Å². The van der Waals surface area contributed by atoms with E-state index in [1.165, 1.54) is 5.56 Å². The van der Waals surface area contributed by atoms with Crippen molar-refractivity contribution in [3.63, 3.8) is 0 Å². The monoisotopic (exact) mass is 449 g/mol. The first-order valence-electron chi connectivity index (χ1n) is 9.82. The Kier molecular flexibility index (Phi) is 5.17. The highest BCUT2D eigenvalue weighted by molar-refractivity contribution is 9.10. The molecular formula is C24H24BrN3O. The highest BCUT2D eigenvalue weighted by Gasteiger charge is 2.22. The lowest BCUT2D eigenvalue weighted by atomic mass is 10.0. The molecule has 1 aromatic carbocycles. The number of ketones is 1. The maximum Gasteiger partial charge on any atom is 0.186 e. The van der Waals surface area contributed by atoms with Crippen LogP contribution < -0.4 is 0 Å². The number of aryl methyl sites for hydroxylation is 4. The molecule has 4 rings (SSSR count). The number of carbonyl (C=O) groups excluding carboxylic acids is 1. The van der Waals surface area contributed by atoms with Crippen LogP contribution >= 0.6 is 15.9 Å². The average molecular weight is 450 g/mol. The zero-order chi connectivity index (χ0) is 20.7. The largest absolute Gasteiger partial charge is 0.344 e. The van der Waals surface area contributed by atoms with Gasteiger partial charge in [0.1, 0.15) is 5.65 Å². The van der Waals surface area contributed by atoms with Crippen molar-refractivity contribution in [2.45, 2.75) is 40.7 Å². The molecule has 3 heterocycles. The normalized spacial score (nSPS) is 11.3. The van der Waals surface area contributed by atoms with Gasteiger partial charge in [0.2, 0.25) is 0 Å². The first-order valence-corrected chi connectivity index (χ1v) is 10.6. The van der Waals surface area contributed by atoms with Crippen LogP contribution in [0.25, 0.3) is 16.9 Å². The van der Waals surface area contributed by atoms with Crippen molar-refractivity contribution in [2.75, 3.05) is 0 Å². The standard InChI is InChI=1S/C24H24BrN3O/c1-5-27-14-17(4)22(25)24(27)20(29)12-19-23(18-9-6-15(2)7-10-18)26-21-11-8-16(3)13-28(19)21/h6-11,13-14H,5,12H2,1-4H3. The quantitative estimate of drug-likeness (QED) is 0.353. The lowest BCUT2D eigenvalue weighted by Gasteiger charge is -2.09. The maximum absolute atomic E-state index is 13.4. The molecule has 29 heavy (non-hydrogen) atoms. The second kappa shape index (κ2) is 7.64. The molecule has 0 unspecified atom stereocenters. The van der Waals surface area contributed by atoms with E-state index in [4.69, 9.17) is 4.98 Å². The van der Waals surface area contributed by atoms with Gasteiger partial charge in [-0.05, 0) is 60.8 Å².